The molecule has 0 amide bonds. The first-order chi connectivity index (χ1) is 9.71. The van der Waals surface area contributed by atoms with Gasteiger partial charge in [0.15, 0.2) is 0 Å². The topological polar surface area (TPSA) is 63.4 Å². The fourth-order valence-electron chi connectivity index (χ4n) is 2.42. The normalized spacial score (nSPS) is 12.3. The summed E-state index contributed by atoms with van der Waals surface area (Å²) in [4.78, 5) is 0.338. The second-order valence-corrected chi connectivity index (χ2v) is 7.75. The second-order valence-electron chi connectivity index (χ2n) is 5.89. The zero-order valence-electron chi connectivity index (χ0n) is 13.8. The molecule has 1 aromatic rings. The van der Waals surface area contributed by atoms with E-state index in [2.05, 4.69) is 6.92 Å². The minimum absolute atomic E-state index is 0.0620. The van der Waals surface area contributed by atoms with Crippen LogP contribution in [0, 0.1) is 13.8 Å². The molecule has 0 aliphatic rings. The molecule has 0 fully saturated rings. The zero-order chi connectivity index (χ0) is 16.2. The molecule has 1 rings (SSSR count). The molecule has 0 bridgehead atoms. The van der Waals surface area contributed by atoms with Crippen LogP contribution in [0.5, 0.6) is 0 Å². The van der Waals surface area contributed by atoms with Crippen LogP contribution in [0.1, 0.15) is 51.2 Å². The van der Waals surface area contributed by atoms with Crippen LogP contribution in [0.25, 0.3) is 0 Å². The first kappa shape index (κ1) is 18.0. The van der Waals surface area contributed by atoms with Gasteiger partial charge in [0.1, 0.15) is 0 Å². The van der Waals surface area contributed by atoms with E-state index in [0.717, 1.165) is 24.8 Å². The maximum atomic E-state index is 13.0. The largest absolute Gasteiger partial charge is 0.398 e. The molecule has 0 heterocycles. The van der Waals surface area contributed by atoms with Gasteiger partial charge in [0.2, 0.25) is 10.0 Å². The number of nitrogen functional groups attached to an aromatic ring is 1. The first-order valence-electron chi connectivity index (χ1n) is 7.60. The third-order valence-electron chi connectivity index (χ3n) is 3.69. The van der Waals surface area contributed by atoms with E-state index in [1.54, 1.807) is 17.3 Å². The van der Waals surface area contributed by atoms with Gasteiger partial charge in [-0.1, -0.05) is 19.8 Å². The smallest absolute Gasteiger partial charge is 0.243 e. The Morgan fingerprint density at radius 3 is 2.33 bits per heavy atom. The molecule has 21 heavy (non-hydrogen) atoms. The van der Waals surface area contributed by atoms with Crippen LogP contribution >= 0.6 is 0 Å². The highest BCUT2D eigenvalue weighted by molar-refractivity contribution is 7.89. The zero-order valence-corrected chi connectivity index (χ0v) is 14.6. The molecule has 0 aliphatic heterocycles. The number of nitrogens with two attached hydrogens (primary N) is 1. The van der Waals surface area contributed by atoms with Crippen molar-refractivity contribution in [2.45, 2.75) is 64.8 Å². The highest BCUT2D eigenvalue weighted by Gasteiger charge is 2.28. The molecule has 0 atom stereocenters. The summed E-state index contributed by atoms with van der Waals surface area (Å²) in [5.41, 5.74) is 7.98. The molecule has 120 valence electrons. The van der Waals surface area contributed by atoms with E-state index in [-0.39, 0.29) is 6.04 Å². The third kappa shape index (κ3) is 4.20. The molecule has 1 aromatic carbocycles. The van der Waals surface area contributed by atoms with Crippen molar-refractivity contribution in [3.63, 3.8) is 0 Å². The predicted octanol–water partition coefficient (Wildman–Crippen LogP) is 3.47. The number of anilines is 1. The van der Waals surface area contributed by atoms with Gasteiger partial charge in [-0.25, -0.2) is 8.42 Å². The van der Waals surface area contributed by atoms with E-state index >= 15 is 0 Å². The SMILES string of the molecule is CCCCCN(C(C)C)S(=O)(=O)c1cc(C)cc(N)c1C. The molecule has 0 aliphatic carbocycles. The van der Waals surface area contributed by atoms with Crippen LogP contribution in [0.3, 0.4) is 0 Å². The maximum absolute atomic E-state index is 13.0. The quantitative estimate of drug-likeness (QED) is 0.619. The minimum atomic E-state index is -3.50. The lowest BCUT2D eigenvalue weighted by Gasteiger charge is -2.27. The van der Waals surface area contributed by atoms with Gasteiger partial charge in [0, 0.05) is 18.3 Å². The van der Waals surface area contributed by atoms with Crippen LogP contribution in [0.15, 0.2) is 17.0 Å². The van der Waals surface area contributed by atoms with Crippen molar-refractivity contribution in [1.29, 1.82) is 0 Å². The Morgan fingerprint density at radius 2 is 1.81 bits per heavy atom. The Hall–Kier alpha value is -1.07. The van der Waals surface area contributed by atoms with Crippen molar-refractivity contribution >= 4 is 15.7 Å². The van der Waals surface area contributed by atoms with E-state index in [1.165, 1.54) is 0 Å². The van der Waals surface area contributed by atoms with Crippen molar-refractivity contribution in [1.82, 2.24) is 4.31 Å². The predicted molar refractivity (Wildman–Crippen MR) is 88.9 cm³/mol. The van der Waals surface area contributed by atoms with Gasteiger partial charge < -0.3 is 5.73 Å². The van der Waals surface area contributed by atoms with Crippen LogP contribution in [0.2, 0.25) is 0 Å². The molecule has 0 saturated carbocycles. The van der Waals surface area contributed by atoms with Crippen LogP contribution in [-0.2, 0) is 10.0 Å². The van der Waals surface area contributed by atoms with Crippen LogP contribution in [0.4, 0.5) is 5.69 Å². The Balaban J connectivity index is 3.23. The standard InChI is InChI=1S/C16H28N2O2S/c1-6-7-8-9-18(12(2)3)21(19,20)16-11-13(4)10-15(17)14(16)5/h10-12H,6-9,17H2,1-5H3. The summed E-state index contributed by atoms with van der Waals surface area (Å²) in [5.74, 6) is 0. The van der Waals surface area contributed by atoms with Gasteiger partial charge >= 0.3 is 0 Å². The molecular weight excluding hydrogens is 284 g/mol. The summed E-state index contributed by atoms with van der Waals surface area (Å²) in [7, 11) is -3.50. The number of sulfonamides is 1. The van der Waals surface area contributed by atoms with Crippen molar-refractivity contribution in [3.05, 3.63) is 23.3 Å². The second kappa shape index (κ2) is 7.27. The number of rotatable bonds is 7. The maximum Gasteiger partial charge on any atom is 0.243 e. The number of aryl methyl sites for hydroxylation is 1. The van der Waals surface area contributed by atoms with Crippen LogP contribution in [-0.4, -0.2) is 25.3 Å². The summed E-state index contributed by atoms with van der Waals surface area (Å²) < 4.78 is 27.5. The van der Waals surface area contributed by atoms with Crippen molar-refractivity contribution in [3.8, 4) is 0 Å². The molecule has 0 saturated heterocycles. The first-order valence-corrected chi connectivity index (χ1v) is 9.04. The highest BCUT2D eigenvalue weighted by Crippen LogP contribution is 2.27. The number of unbranched alkanes of at least 4 members (excludes halogenated alkanes) is 2. The molecule has 2 N–H and O–H groups in total. The fourth-order valence-corrected chi connectivity index (χ4v) is 4.44. The molecule has 0 aromatic heterocycles. The van der Waals surface area contributed by atoms with Gasteiger partial charge in [-0.15, -0.1) is 0 Å². The molecule has 0 spiro atoms. The third-order valence-corrected chi connectivity index (χ3v) is 5.89. The molecule has 0 radical (unpaired) electrons. The number of hydrogen-bond acceptors (Lipinski definition) is 3. The lowest BCUT2D eigenvalue weighted by Crippen LogP contribution is -2.38. The van der Waals surface area contributed by atoms with Crippen LogP contribution < -0.4 is 5.73 Å². The summed E-state index contributed by atoms with van der Waals surface area (Å²) in [6.45, 7) is 10.1. The van der Waals surface area contributed by atoms with E-state index in [9.17, 15) is 8.42 Å². The van der Waals surface area contributed by atoms with Crippen molar-refractivity contribution in [2.24, 2.45) is 0 Å². The Labute approximate surface area is 129 Å². The summed E-state index contributed by atoms with van der Waals surface area (Å²) in [6, 6.07) is 3.47. The van der Waals surface area contributed by atoms with Crippen molar-refractivity contribution in [2.75, 3.05) is 12.3 Å². The monoisotopic (exact) mass is 312 g/mol. The van der Waals surface area contributed by atoms with Gasteiger partial charge in [0.05, 0.1) is 4.90 Å². The van der Waals surface area contributed by atoms with E-state index in [4.69, 9.17) is 5.73 Å². The lowest BCUT2D eigenvalue weighted by atomic mass is 10.1. The molecule has 4 nitrogen and oxygen atoms in total. The van der Waals surface area contributed by atoms with Gasteiger partial charge in [0.25, 0.3) is 0 Å². The van der Waals surface area contributed by atoms with E-state index < -0.39 is 10.0 Å². The Morgan fingerprint density at radius 1 is 1.19 bits per heavy atom. The number of benzene rings is 1. The average Bonchev–Trinajstić information content (AvgIpc) is 2.38. The summed E-state index contributed by atoms with van der Waals surface area (Å²) in [6.07, 6.45) is 2.99. The van der Waals surface area contributed by atoms with Gasteiger partial charge in [-0.05, 0) is 57.4 Å². The van der Waals surface area contributed by atoms with Crippen molar-refractivity contribution < 1.29 is 8.42 Å². The van der Waals surface area contributed by atoms with Gasteiger partial charge in [-0.2, -0.15) is 4.31 Å². The molecular formula is C16H28N2O2S. The number of nitrogens with zero attached hydrogens (tertiary/aromatic N) is 1. The molecule has 5 heteroatoms. The van der Waals surface area contributed by atoms with E-state index in [1.807, 2.05) is 26.8 Å². The van der Waals surface area contributed by atoms with E-state index in [0.29, 0.717) is 22.7 Å². The van der Waals surface area contributed by atoms with Gasteiger partial charge in [-0.3, -0.25) is 0 Å². The minimum Gasteiger partial charge on any atom is -0.398 e. The average molecular weight is 312 g/mol. The lowest BCUT2D eigenvalue weighted by molar-refractivity contribution is 0.345. The summed E-state index contributed by atoms with van der Waals surface area (Å²) in [5, 5.41) is 0. The Kier molecular flexibility index (Phi) is 6.23. The number of hydrogen-bond donors (Lipinski definition) is 1. The summed E-state index contributed by atoms with van der Waals surface area (Å²) >= 11 is 0. The highest BCUT2D eigenvalue weighted by atomic mass is 32.2. The molecule has 0 unspecified atom stereocenters. The fraction of sp³-hybridized carbons (Fsp3) is 0.625. The Bertz CT molecular complexity index is 580.